The van der Waals surface area contributed by atoms with Crippen molar-refractivity contribution >= 4 is 0 Å². The highest BCUT2D eigenvalue weighted by Crippen LogP contribution is 2.33. The van der Waals surface area contributed by atoms with Gasteiger partial charge in [-0.1, -0.05) is 25.7 Å². The van der Waals surface area contributed by atoms with E-state index in [1.54, 1.807) is 0 Å². The lowest BCUT2D eigenvalue weighted by Gasteiger charge is -2.36. The molecule has 2 aliphatic rings. The second kappa shape index (κ2) is 5.59. The first kappa shape index (κ1) is 13.2. The van der Waals surface area contributed by atoms with E-state index in [1.165, 1.54) is 25.7 Å². The Hall–Kier alpha value is -0.250. The lowest BCUT2D eigenvalue weighted by atomic mass is 9.85. The number of halogens is 3. The Morgan fingerprint density at radius 3 is 2.00 bits per heavy atom. The fourth-order valence-electron chi connectivity index (χ4n) is 3.31. The molecule has 1 aliphatic heterocycles. The van der Waals surface area contributed by atoms with Gasteiger partial charge in [0.2, 0.25) is 0 Å². The van der Waals surface area contributed by atoms with Gasteiger partial charge < -0.3 is 5.32 Å². The second-order valence-corrected chi connectivity index (χ2v) is 5.55. The van der Waals surface area contributed by atoms with Gasteiger partial charge in [-0.15, -0.1) is 0 Å². The Morgan fingerprint density at radius 2 is 1.41 bits per heavy atom. The van der Waals surface area contributed by atoms with Crippen LogP contribution in [-0.4, -0.2) is 18.3 Å². The van der Waals surface area contributed by atoms with Crippen molar-refractivity contribution in [1.82, 2.24) is 5.32 Å². The molecule has 0 bridgehead atoms. The fourth-order valence-corrected chi connectivity index (χ4v) is 3.31. The molecule has 17 heavy (non-hydrogen) atoms. The molecule has 1 N–H and O–H groups in total. The quantitative estimate of drug-likeness (QED) is 0.692. The first-order chi connectivity index (χ1) is 8.07. The van der Waals surface area contributed by atoms with E-state index in [0.29, 0.717) is 5.92 Å². The van der Waals surface area contributed by atoms with Gasteiger partial charge in [-0.3, -0.25) is 0 Å². The molecule has 0 radical (unpaired) electrons. The molecule has 2 atom stereocenters. The van der Waals surface area contributed by atoms with Crippen LogP contribution in [0.4, 0.5) is 13.2 Å². The van der Waals surface area contributed by atoms with Gasteiger partial charge in [0, 0.05) is 6.04 Å². The van der Waals surface area contributed by atoms with Crippen LogP contribution in [0, 0.1) is 5.92 Å². The van der Waals surface area contributed by atoms with E-state index in [2.05, 4.69) is 5.32 Å². The van der Waals surface area contributed by atoms with Crippen LogP contribution in [0.2, 0.25) is 0 Å². The Bertz CT molecular complexity index is 231. The first-order valence-electron chi connectivity index (χ1n) is 6.90. The van der Waals surface area contributed by atoms with Gasteiger partial charge in [-0.2, -0.15) is 13.2 Å². The highest BCUT2D eigenvalue weighted by molar-refractivity contribution is 4.89. The van der Waals surface area contributed by atoms with Crippen molar-refractivity contribution in [2.75, 3.05) is 0 Å². The summed E-state index contributed by atoms with van der Waals surface area (Å²) in [4.78, 5) is 0. The maximum absolute atomic E-state index is 12.7. The van der Waals surface area contributed by atoms with Crippen LogP contribution in [-0.2, 0) is 0 Å². The van der Waals surface area contributed by atoms with Crippen molar-refractivity contribution in [1.29, 1.82) is 0 Å². The monoisotopic (exact) mass is 249 g/mol. The molecule has 2 fully saturated rings. The zero-order valence-corrected chi connectivity index (χ0v) is 10.2. The molecule has 2 unspecified atom stereocenters. The van der Waals surface area contributed by atoms with E-state index in [9.17, 15) is 13.2 Å². The highest BCUT2D eigenvalue weighted by Gasteiger charge is 2.43. The van der Waals surface area contributed by atoms with E-state index in [-0.39, 0.29) is 12.5 Å². The molecule has 1 aliphatic carbocycles. The molecule has 0 amide bonds. The molecule has 0 aromatic heterocycles. The number of nitrogens with one attached hydrogen (secondary N) is 1. The molecule has 100 valence electrons. The molecule has 1 saturated carbocycles. The second-order valence-electron chi connectivity index (χ2n) is 5.55. The zero-order valence-electron chi connectivity index (χ0n) is 10.2. The lowest BCUT2D eigenvalue weighted by Crippen LogP contribution is -2.52. The van der Waals surface area contributed by atoms with Crippen LogP contribution in [0.1, 0.15) is 57.8 Å². The van der Waals surface area contributed by atoms with E-state index < -0.39 is 12.2 Å². The minimum atomic E-state index is -4.07. The summed E-state index contributed by atoms with van der Waals surface area (Å²) in [5.74, 6) is 0.475. The standard InChI is InChI=1S/C13H22F3N/c14-13(15,16)12-9-5-8-11(17-12)10-6-3-1-2-4-7-10/h10-12,17H,1-9H2. The predicted molar refractivity (Wildman–Crippen MR) is 61.8 cm³/mol. The largest absolute Gasteiger partial charge is 0.403 e. The number of alkyl halides is 3. The van der Waals surface area contributed by atoms with Crippen LogP contribution in [0.15, 0.2) is 0 Å². The summed E-state index contributed by atoms with van der Waals surface area (Å²) in [5, 5.41) is 2.87. The summed E-state index contributed by atoms with van der Waals surface area (Å²) in [7, 11) is 0. The van der Waals surface area contributed by atoms with Crippen molar-refractivity contribution in [2.24, 2.45) is 5.92 Å². The molecule has 1 saturated heterocycles. The maximum atomic E-state index is 12.7. The van der Waals surface area contributed by atoms with E-state index in [0.717, 1.165) is 25.7 Å². The molecule has 1 nitrogen and oxygen atoms in total. The number of piperidine rings is 1. The van der Waals surface area contributed by atoms with Gasteiger partial charge in [-0.05, 0) is 38.0 Å². The Morgan fingerprint density at radius 1 is 0.765 bits per heavy atom. The van der Waals surface area contributed by atoms with Gasteiger partial charge in [0.1, 0.15) is 6.04 Å². The Labute approximate surface area is 101 Å². The average molecular weight is 249 g/mol. The highest BCUT2D eigenvalue weighted by atomic mass is 19.4. The molecule has 4 heteroatoms. The van der Waals surface area contributed by atoms with Crippen molar-refractivity contribution in [2.45, 2.75) is 76.0 Å². The molecular formula is C13H22F3N. The summed E-state index contributed by atoms with van der Waals surface area (Å²) >= 11 is 0. The molecule has 0 spiro atoms. The third-order valence-corrected chi connectivity index (χ3v) is 4.29. The summed E-state index contributed by atoms with van der Waals surface area (Å²) < 4.78 is 38.1. The molecule has 0 aromatic carbocycles. The summed E-state index contributed by atoms with van der Waals surface area (Å²) in [5.41, 5.74) is 0. The average Bonchev–Trinajstić information content (AvgIpc) is 2.56. The van der Waals surface area contributed by atoms with Crippen LogP contribution >= 0.6 is 0 Å². The van der Waals surface area contributed by atoms with Gasteiger partial charge in [0.05, 0.1) is 0 Å². The summed E-state index contributed by atoms with van der Waals surface area (Å²) in [6.07, 6.45) is 4.97. The molecule has 0 aromatic rings. The maximum Gasteiger partial charge on any atom is 0.403 e. The van der Waals surface area contributed by atoms with Gasteiger partial charge >= 0.3 is 6.18 Å². The number of hydrogen-bond acceptors (Lipinski definition) is 1. The van der Waals surface area contributed by atoms with E-state index in [4.69, 9.17) is 0 Å². The van der Waals surface area contributed by atoms with Crippen LogP contribution in [0.3, 0.4) is 0 Å². The molecular weight excluding hydrogens is 227 g/mol. The van der Waals surface area contributed by atoms with Gasteiger partial charge in [0.25, 0.3) is 0 Å². The predicted octanol–water partition coefficient (Wildman–Crippen LogP) is 4.03. The van der Waals surface area contributed by atoms with E-state index >= 15 is 0 Å². The summed E-state index contributed by atoms with van der Waals surface area (Å²) in [6, 6.07) is -1.15. The van der Waals surface area contributed by atoms with Gasteiger partial charge in [-0.25, -0.2) is 0 Å². The van der Waals surface area contributed by atoms with Crippen LogP contribution in [0.5, 0.6) is 0 Å². The first-order valence-corrected chi connectivity index (χ1v) is 6.90. The number of rotatable bonds is 1. The normalized spacial score (nSPS) is 33.4. The SMILES string of the molecule is FC(F)(F)C1CCCC(C2CCCCCC2)N1. The van der Waals surface area contributed by atoms with Crippen molar-refractivity contribution in [3.8, 4) is 0 Å². The lowest BCUT2D eigenvalue weighted by molar-refractivity contribution is -0.164. The Balaban J connectivity index is 1.91. The number of hydrogen-bond donors (Lipinski definition) is 1. The van der Waals surface area contributed by atoms with Crippen molar-refractivity contribution in [3.05, 3.63) is 0 Å². The molecule has 1 heterocycles. The van der Waals surface area contributed by atoms with Crippen molar-refractivity contribution < 1.29 is 13.2 Å². The van der Waals surface area contributed by atoms with Crippen LogP contribution < -0.4 is 5.32 Å². The topological polar surface area (TPSA) is 12.0 Å². The van der Waals surface area contributed by atoms with Crippen molar-refractivity contribution in [3.63, 3.8) is 0 Å². The Kier molecular flexibility index (Phi) is 4.34. The minimum Gasteiger partial charge on any atom is -0.303 e. The fraction of sp³-hybridized carbons (Fsp3) is 1.00. The minimum absolute atomic E-state index is 0.105. The van der Waals surface area contributed by atoms with Gasteiger partial charge in [0.15, 0.2) is 0 Å². The van der Waals surface area contributed by atoms with Crippen LogP contribution in [0.25, 0.3) is 0 Å². The zero-order chi connectivity index (χ0) is 12.3. The summed E-state index contributed by atoms with van der Waals surface area (Å²) in [6.45, 7) is 0. The third-order valence-electron chi connectivity index (χ3n) is 4.29. The van der Waals surface area contributed by atoms with E-state index in [1.807, 2.05) is 0 Å². The smallest absolute Gasteiger partial charge is 0.303 e. The third kappa shape index (κ3) is 3.60. The molecule has 2 rings (SSSR count).